The molecular formula is C12H17FN2S. The van der Waals surface area contributed by atoms with Crippen molar-refractivity contribution in [3.8, 4) is 0 Å². The first-order valence-corrected chi connectivity index (χ1v) is 6.54. The molecule has 0 bridgehead atoms. The van der Waals surface area contributed by atoms with Crippen LogP contribution in [-0.4, -0.2) is 23.1 Å². The molecule has 1 aliphatic heterocycles. The molecule has 4 heteroatoms. The Morgan fingerprint density at radius 3 is 2.69 bits per heavy atom. The van der Waals surface area contributed by atoms with Gasteiger partial charge in [-0.25, -0.2) is 4.39 Å². The lowest BCUT2D eigenvalue weighted by molar-refractivity contribution is 0.513. The highest BCUT2D eigenvalue weighted by atomic mass is 32.2. The maximum Gasteiger partial charge on any atom is 0.123 e. The highest BCUT2D eigenvalue weighted by Crippen LogP contribution is 2.36. The number of anilines is 1. The molecule has 2 atom stereocenters. The molecule has 1 aromatic carbocycles. The van der Waals surface area contributed by atoms with Crippen molar-refractivity contribution in [3.05, 3.63) is 30.1 Å². The van der Waals surface area contributed by atoms with Crippen LogP contribution in [0.15, 0.2) is 24.3 Å². The van der Waals surface area contributed by atoms with E-state index in [1.165, 1.54) is 12.1 Å². The Morgan fingerprint density at radius 1 is 1.50 bits per heavy atom. The van der Waals surface area contributed by atoms with E-state index in [-0.39, 0.29) is 11.4 Å². The fourth-order valence-electron chi connectivity index (χ4n) is 2.09. The Hall–Kier alpha value is -0.740. The highest BCUT2D eigenvalue weighted by Gasteiger charge is 2.36. The van der Waals surface area contributed by atoms with Crippen LogP contribution in [0.3, 0.4) is 0 Å². The molecule has 0 radical (unpaired) electrons. The van der Waals surface area contributed by atoms with Gasteiger partial charge in [-0.05, 0) is 30.7 Å². The fraction of sp³-hybridized carbons (Fsp3) is 0.500. The van der Waals surface area contributed by atoms with E-state index in [1.54, 1.807) is 12.1 Å². The van der Waals surface area contributed by atoms with Gasteiger partial charge in [0, 0.05) is 23.2 Å². The number of halogens is 1. The molecule has 1 heterocycles. The molecule has 0 aliphatic carbocycles. The Morgan fingerprint density at radius 2 is 2.19 bits per heavy atom. The van der Waals surface area contributed by atoms with Gasteiger partial charge in [0.15, 0.2) is 0 Å². The average Bonchev–Trinajstić information content (AvgIpc) is 2.64. The van der Waals surface area contributed by atoms with Crippen LogP contribution in [0.1, 0.15) is 13.3 Å². The van der Waals surface area contributed by atoms with Crippen LogP contribution in [0.2, 0.25) is 0 Å². The van der Waals surface area contributed by atoms with Gasteiger partial charge in [0.05, 0.1) is 5.54 Å². The minimum atomic E-state index is -0.207. The van der Waals surface area contributed by atoms with Crippen LogP contribution >= 0.6 is 11.8 Å². The second-order valence-corrected chi connectivity index (χ2v) is 5.87. The van der Waals surface area contributed by atoms with Gasteiger partial charge in [-0.1, -0.05) is 6.92 Å². The van der Waals surface area contributed by atoms with E-state index in [0.717, 1.165) is 17.9 Å². The zero-order valence-electron chi connectivity index (χ0n) is 9.37. The molecule has 3 N–H and O–H groups in total. The first kappa shape index (κ1) is 11.7. The molecule has 0 spiro atoms. The van der Waals surface area contributed by atoms with Gasteiger partial charge in [-0.15, -0.1) is 0 Å². The smallest absolute Gasteiger partial charge is 0.123 e. The van der Waals surface area contributed by atoms with Crippen molar-refractivity contribution in [2.45, 2.75) is 24.1 Å². The fourth-order valence-corrected chi connectivity index (χ4v) is 3.44. The lowest BCUT2D eigenvalue weighted by atomic mass is 9.96. The summed E-state index contributed by atoms with van der Waals surface area (Å²) in [5, 5.41) is 4.08. The molecule has 1 aromatic rings. The molecule has 2 rings (SSSR count). The number of nitrogens with two attached hydrogens (primary N) is 1. The summed E-state index contributed by atoms with van der Waals surface area (Å²) in [6, 6.07) is 6.47. The molecule has 0 amide bonds. The van der Waals surface area contributed by atoms with E-state index < -0.39 is 0 Å². The predicted molar refractivity (Wildman–Crippen MR) is 68.3 cm³/mol. The molecule has 1 fully saturated rings. The Bertz CT molecular complexity index is 355. The summed E-state index contributed by atoms with van der Waals surface area (Å²) in [7, 11) is 0. The number of hydrogen-bond acceptors (Lipinski definition) is 3. The zero-order valence-corrected chi connectivity index (χ0v) is 10.2. The van der Waals surface area contributed by atoms with Gasteiger partial charge in [0.2, 0.25) is 0 Å². The molecule has 16 heavy (non-hydrogen) atoms. The summed E-state index contributed by atoms with van der Waals surface area (Å²) in [4.78, 5) is 0. The first-order valence-electron chi connectivity index (χ1n) is 5.49. The Kier molecular flexibility index (Phi) is 3.40. The van der Waals surface area contributed by atoms with Crippen LogP contribution in [0.5, 0.6) is 0 Å². The van der Waals surface area contributed by atoms with Gasteiger partial charge >= 0.3 is 0 Å². The Labute approximate surface area is 99.8 Å². The summed E-state index contributed by atoms with van der Waals surface area (Å²) in [5.41, 5.74) is 6.78. The van der Waals surface area contributed by atoms with E-state index in [0.29, 0.717) is 11.8 Å². The number of nitrogens with one attached hydrogen (secondary N) is 1. The molecule has 2 unspecified atom stereocenters. The third-order valence-corrected chi connectivity index (χ3v) is 4.42. The summed E-state index contributed by atoms with van der Waals surface area (Å²) >= 11 is 1.93. The topological polar surface area (TPSA) is 38.0 Å². The molecule has 0 aromatic heterocycles. The van der Waals surface area contributed by atoms with E-state index in [2.05, 4.69) is 12.2 Å². The normalized spacial score (nSPS) is 29.3. The van der Waals surface area contributed by atoms with Crippen LogP contribution in [-0.2, 0) is 0 Å². The number of benzene rings is 1. The van der Waals surface area contributed by atoms with Crippen molar-refractivity contribution < 1.29 is 4.39 Å². The molecule has 1 saturated heterocycles. The van der Waals surface area contributed by atoms with E-state index in [1.807, 2.05) is 11.8 Å². The third kappa shape index (κ3) is 2.50. The monoisotopic (exact) mass is 240 g/mol. The van der Waals surface area contributed by atoms with Crippen molar-refractivity contribution in [1.82, 2.24) is 0 Å². The van der Waals surface area contributed by atoms with Gasteiger partial charge in [-0.2, -0.15) is 11.8 Å². The van der Waals surface area contributed by atoms with Crippen LogP contribution < -0.4 is 11.1 Å². The van der Waals surface area contributed by atoms with Crippen molar-refractivity contribution in [2.24, 2.45) is 5.73 Å². The number of rotatable bonds is 3. The molecular weight excluding hydrogens is 223 g/mol. The Balaban J connectivity index is 2.10. The van der Waals surface area contributed by atoms with Crippen molar-refractivity contribution >= 4 is 17.4 Å². The predicted octanol–water partition coefficient (Wildman–Crippen LogP) is 2.46. The summed E-state index contributed by atoms with van der Waals surface area (Å²) < 4.78 is 12.8. The lowest BCUT2D eigenvalue weighted by Crippen LogP contribution is -2.45. The third-order valence-electron chi connectivity index (χ3n) is 2.97. The molecule has 0 saturated carbocycles. The maximum absolute atomic E-state index is 12.8. The van der Waals surface area contributed by atoms with Gasteiger partial charge in [-0.3, -0.25) is 0 Å². The van der Waals surface area contributed by atoms with Gasteiger partial charge < -0.3 is 11.1 Å². The number of thioether (sulfide) groups is 1. The quantitative estimate of drug-likeness (QED) is 0.852. The zero-order chi connectivity index (χ0) is 11.6. The van der Waals surface area contributed by atoms with Crippen LogP contribution in [0.4, 0.5) is 10.1 Å². The largest absolute Gasteiger partial charge is 0.377 e. The van der Waals surface area contributed by atoms with Crippen molar-refractivity contribution in [1.29, 1.82) is 0 Å². The second kappa shape index (κ2) is 4.63. The molecule has 88 valence electrons. The summed E-state index contributed by atoms with van der Waals surface area (Å²) in [6.07, 6.45) is 1.06. The molecule has 2 nitrogen and oxygen atoms in total. The minimum Gasteiger partial charge on any atom is -0.377 e. The van der Waals surface area contributed by atoms with Crippen LogP contribution in [0.25, 0.3) is 0 Å². The standard InChI is InChI=1S/C12H17FN2S/c1-9-6-12(7-14,8-16-9)15-11-4-2-10(13)3-5-11/h2-5,9,15H,6-8,14H2,1H3. The van der Waals surface area contributed by atoms with Gasteiger partial charge in [0.25, 0.3) is 0 Å². The summed E-state index contributed by atoms with van der Waals surface area (Å²) in [5.74, 6) is 0.809. The average molecular weight is 240 g/mol. The second-order valence-electron chi connectivity index (χ2n) is 4.44. The SMILES string of the molecule is CC1CC(CN)(Nc2ccc(F)cc2)CS1. The highest BCUT2D eigenvalue weighted by molar-refractivity contribution is 8.00. The lowest BCUT2D eigenvalue weighted by Gasteiger charge is -2.29. The van der Waals surface area contributed by atoms with E-state index in [4.69, 9.17) is 5.73 Å². The minimum absolute atomic E-state index is 0.0259. The molecule has 1 aliphatic rings. The summed E-state index contributed by atoms with van der Waals surface area (Å²) in [6.45, 7) is 2.83. The van der Waals surface area contributed by atoms with E-state index in [9.17, 15) is 4.39 Å². The van der Waals surface area contributed by atoms with Crippen molar-refractivity contribution in [2.75, 3.05) is 17.6 Å². The maximum atomic E-state index is 12.8. The van der Waals surface area contributed by atoms with Crippen molar-refractivity contribution in [3.63, 3.8) is 0 Å². The van der Waals surface area contributed by atoms with Crippen LogP contribution in [0, 0.1) is 5.82 Å². The first-order chi connectivity index (χ1) is 7.63. The van der Waals surface area contributed by atoms with Gasteiger partial charge in [0.1, 0.15) is 5.82 Å². The van der Waals surface area contributed by atoms with E-state index >= 15 is 0 Å². The number of hydrogen-bond donors (Lipinski definition) is 2.